The van der Waals surface area contributed by atoms with Gasteiger partial charge in [-0.2, -0.15) is 0 Å². The first kappa shape index (κ1) is 13.1. The Bertz CT molecular complexity index is 433. The predicted molar refractivity (Wildman–Crippen MR) is 73.9 cm³/mol. The van der Waals surface area contributed by atoms with E-state index in [1.807, 2.05) is 31.1 Å². The molecular formula is C14H21N3O. The summed E-state index contributed by atoms with van der Waals surface area (Å²) in [5, 5.41) is 3.19. The maximum atomic E-state index is 12.1. The van der Waals surface area contributed by atoms with E-state index in [-0.39, 0.29) is 5.91 Å². The zero-order valence-electron chi connectivity index (χ0n) is 11.3. The lowest BCUT2D eigenvalue weighted by Crippen LogP contribution is -2.57. The second kappa shape index (κ2) is 5.50. The van der Waals surface area contributed by atoms with Crippen molar-refractivity contribution in [2.45, 2.75) is 13.0 Å². The maximum absolute atomic E-state index is 12.1. The second-order valence-corrected chi connectivity index (χ2v) is 4.97. The van der Waals surface area contributed by atoms with E-state index < -0.39 is 0 Å². The molecule has 1 saturated heterocycles. The summed E-state index contributed by atoms with van der Waals surface area (Å²) < 4.78 is 0. The molecule has 4 nitrogen and oxygen atoms in total. The van der Waals surface area contributed by atoms with Crippen LogP contribution in [0.5, 0.6) is 0 Å². The number of benzene rings is 1. The molecule has 0 saturated carbocycles. The molecule has 1 aliphatic rings. The Hall–Kier alpha value is -1.39. The molecule has 0 aromatic heterocycles. The van der Waals surface area contributed by atoms with Crippen molar-refractivity contribution in [3.05, 3.63) is 29.8 Å². The first-order valence-corrected chi connectivity index (χ1v) is 6.33. The number of anilines is 1. The molecule has 4 heteroatoms. The van der Waals surface area contributed by atoms with Crippen molar-refractivity contribution in [3.63, 3.8) is 0 Å². The van der Waals surface area contributed by atoms with E-state index in [2.05, 4.69) is 29.3 Å². The molecule has 1 heterocycles. The normalized spacial score (nSPS) is 21.4. The van der Waals surface area contributed by atoms with Crippen molar-refractivity contribution in [1.82, 2.24) is 10.2 Å². The lowest BCUT2D eigenvalue weighted by molar-refractivity contribution is -0.121. The number of amides is 1. The van der Waals surface area contributed by atoms with E-state index in [1.165, 1.54) is 5.56 Å². The fourth-order valence-electron chi connectivity index (χ4n) is 2.38. The molecule has 1 amide bonds. The number of nitrogens with zero attached hydrogens (tertiary/aromatic N) is 2. The minimum Gasteiger partial charge on any atom is -0.318 e. The van der Waals surface area contributed by atoms with Crippen molar-refractivity contribution in [3.8, 4) is 0 Å². The van der Waals surface area contributed by atoms with E-state index in [1.54, 1.807) is 0 Å². The summed E-state index contributed by atoms with van der Waals surface area (Å²) in [6, 6.07) is 8.50. The van der Waals surface area contributed by atoms with E-state index >= 15 is 0 Å². The van der Waals surface area contributed by atoms with Crippen molar-refractivity contribution in [2.24, 2.45) is 0 Å². The Morgan fingerprint density at radius 3 is 2.89 bits per heavy atom. The molecule has 1 N–H and O–H groups in total. The van der Waals surface area contributed by atoms with Crippen LogP contribution < -0.4 is 10.2 Å². The topological polar surface area (TPSA) is 35.6 Å². The molecule has 0 spiro atoms. The zero-order chi connectivity index (χ0) is 13.1. The van der Waals surface area contributed by atoms with Crippen LogP contribution in [0.15, 0.2) is 24.3 Å². The smallest absolute Gasteiger partial charge is 0.241 e. The molecule has 1 aromatic rings. The van der Waals surface area contributed by atoms with Gasteiger partial charge in [0.15, 0.2) is 0 Å². The third kappa shape index (κ3) is 2.71. The first-order valence-electron chi connectivity index (χ1n) is 6.33. The van der Waals surface area contributed by atoms with Crippen molar-refractivity contribution < 1.29 is 4.79 Å². The molecule has 1 atom stereocenters. The van der Waals surface area contributed by atoms with Gasteiger partial charge in [-0.25, -0.2) is 0 Å². The molecule has 0 radical (unpaired) electrons. The van der Waals surface area contributed by atoms with Crippen molar-refractivity contribution >= 4 is 11.6 Å². The quantitative estimate of drug-likeness (QED) is 0.860. The van der Waals surface area contributed by atoms with Crippen LogP contribution in [0.25, 0.3) is 0 Å². The highest BCUT2D eigenvalue weighted by Gasteiger charge is 2.30. The van der Waals surface area contributed by atoms with E-state index in [9.17, 15) is 4.79 Å². The van der Waals surface area contributed by atoms with Gasteiger partial charge < -0.3 is 10.2 Å². The lowest BCUT2D eigenvalue weighted by Gasteiger charge is -2.39. The largest absolute Gasteiger partial charge is 0.318 e. The van der Waals surface area contributed by atoms with Gasteiger partial charge in [-0.15, -0.1) is 0 Å². The molecule has 1 unspecified atom stereocenters. The van der Waals surface area contributed by atoms with E-state index in [4.69, 9.17) is 0 Å². The Morgan fingerprint density at radius 2 is 2.22 bits per heavy atom. The van der Waals surface area contributed by atoms with Gasteiger partial charge in [0.25, 0.3) is 0 Å². The number of hydrogen-bond acceptors (Lipinski definition) is 3. The van der Waals surface area contributed by atoms with Gasteiger partial charge in [0.1, 0.15) is 0 Å². The van der Waals surface area contributed by atoms with E-state index in [0.29, 0.717) is 12.6 Å². The average molecular weight is 247 g/mol. The maximum Gasteiger partial charge on any atom is 0.241 e. The van der Waals surface area contributed by atoms with Crippen LogP contribution in [0.2, 0.25) is 0 Å². The lowest BCUT2D eigenvalue weighted by atomic mass is 10.1. The molecule has 0 aliphatic carbocycles. The molecule has 98 valence electrons. The number of carbonyl (C=O) groups excluding carboxylic acids is 1. The van der Waals surface area contributed by atoms with Gasteiger partial charge in [0, 0.05) is 24.8 Å². The van der Waals surface area contributed by atoms with Gasteiger partial charge in [-0.1, -0.05) is 12.1 Å². The molecule has 1 fully saturated rings. The van der Waals surface area contributed by atoms with Gasteiger partial charge in [-0.05, 0) is 38.7 Å². The highest BCUT2D eigenvalue weighted by Crippen LogP contribution is 2.20. The van der Waals surface area contributed by atoms with Crippen LogP contribution in [0.4, 0.5) is 5.69 Å². The number of likely N-dealkylation sites (N-methyl/N-ethyl adjacent to an activating group) is 2. The summed E-state index contributed by atoms with van der Waals surface area (Å²) in [7, 11) is 3.95. The molecule has 1 aliphatic heterocycles. The fourth-order valence-corrected chi connectivity index (χ4v) is 2.38. The van der Waals surface area contributed by atoms with Crippen LogP contribution in [-0.2, 0) is 4.79 Å². The monoisotopic (exact) mass is 247 g/mol. The molecule has 2 rings (SSSR count). The molecular weight excluding hydrogens is 226 g/mol. The standard InChI is InChI=1S/C14H21N3O/c1-11-5-4-6-12(7-11)17-9-13(8-15-2)16(3)10-14(17)18/h4-7,13,15H,8-10H2,1-3H3. The van der Waals surface area contributed by atoms with Crippen molar-refractivity contribution in [2.75, 3.05) is 38.6 Å². The number of carbonyl (C=O) groups is 1. The molecule has 0 bridgehead atoms. The van der Waals surface area contributed by atoms with E-state index in [0.717, 1.165) is 18.8 Å². The predicted octanol–water partition coefficient (Wildman–Crippen LogP) is 0.861. The highest BCUT2D eigenvalue weighted by atomic mass is 16.2. The van der Waals surface area contributed by atoms with Crippen LogP contribution in [0, 0.1) is 6.92 Å². The van der Waals surface area contributed by atoms with Crippen LogP contribution in [0.1, 0.15) is 5.56 Å². The molecule has 1 aromatic carbocycles. The number of piperazine rings is 1. The van der Waals surface area contributed by atoms with Gasteiger partial charge in [-0.3, -0.25) is 9.69 Å². The van der Waals surface area contributed by atoms with Gasteiger partial charge in [0.05, 0.1) is 6.54 Å². The van der Waals surface area contributed by atoms with Crippen molar-refractivity contribution in [1.29, 1.82) is 0 Å². The minimum atomic E-state index is 0.176. The number of hydrogen-bond donors (Lipinski definition) is 1. The summed E-state index contributed by atoms with van der Waals surface area (Å²) in [5.74, 6) is 0.176. The van der Waals surface area contributed by atoms with Crippen LogP contribution in [-0.4, -0.2) is 50.6 Å². The van der Waals surface area contributed by atoms with Crippen LogP contribution in [0.3, 0.4) is 0 Å². The average Bonchev–Trinajstić information content (AvgIpc) is 2.33. The SMILES string of the molecule is CNCC1CN(c2cccc(C)c2)C(=O)CN1C. The number of aryl methyl sites for hydroxylation is 1. The minimum absolute atomic E-state index is 0.176. The number of rotatable bonds is 3. The summed E-state index contributed by atoms with van der Waals surface area (Å²) in [4.78, 5) is 16.1. The van der Waals surface area contributed by atoms with Crippen LogP contribution >= 0.6 is 0 Å². The summed E-state index contributed by atoms with van der Waals surface area (Å²) >= 11 is 0. The zero-order valence-corrected chi connectivity index (χ0v) is 11.3. The molecule has 18 heavy (non-hydrogen) atoms. The Kier molecular flexibility index (Phi) is 3.99. The highest BCUT2D eigenvalue weighted by molar-refractivity contribution is 5.95. The first-order chi connectivity index (χ1) is 8.61. The Labute approximate surface area is 109 Å². The summed E-state index contributed by atoms with van der Waals surface area (Å²) in [6.07, 6.45) is 0. The Morgan fingerprint density at radius 1 is 1.44 bits per heavy atom. The van der Waals surface area contributed by atoms with Gasteiger partial charge in [0.2, 0.25) is 5.91 Å². The fraction of sp³-hybridized carbons (Fsp3) is 0.500. The third-order valence-corrected chi connectivity index (χ3v) is 3.46. The summed E-state index contributed by atoms with van der Waals surface area (Å²) in [6.45, 7) is 4.18. The summed E-state index contributed by atoms with van der Waals surface area (Å²) in [5.41, 5.74) is 2.19. The van der Waals surface area contributed by atoms with Gasteiger partial charge >= 0.3 is 0 Å². The number of nitrogens with one attached hydrogen (secondary N) is 1. The second-order valence-electron chi connectivity index (χ2n) is 4.97. The third-order valence-electron chi connectivity index (χ3n) is 3.46. The Balaban J connectivity index is 2.19.